The molecule has 0 aliphatic heterocycles. The number of hydrogen-bond donors (Lipinski definition) is 1. The van der Waals surface area contributed by atoms with Crippen LogP contribution in [0.15, 0.2) is 77.9 Å². The molecule has 9 nitrogen and oxygen atoms in total. The predicted molar refractivity (Wildman–Crippen MR) is 143 cm³/mol. The number of hydrazone groups is 1. The number of nitrogens with one attached hydrogen (secondary N) is 1. The average molecular weight is 515 g/mol. The van der Waals surface area contributed by atoms with Crippen molar-refractivity contribution in [3.63, 3.8) is 0 Å². The molecule has 0 saturated heterocycles. The van der Waals surface area contributed by atoms with E-state index in [1.165, 1.54) is 34.7 Å². The second kappa shape index (κ2) is 11.8. The largest absolute Gasteiger partial charge is 0.493 e. The second-order valence-electron chi connectivity index (χ2n) is 7.93. The molecule has 0 heterocycles. The van der Waals surface area contributed by atoms with Gasteiger partial charge in [0.1, 0.15) is 5.75 Å². The summed E-state index contributed by atoms with van der Waals surface area (Å²) in [6, 6.07) is 20.6. The van der Waals surface area contributed by atoms with E-state index >= 15 is 0 Å². The number of ether oxygens (including phenoxy) is 5. The zero-order valence-electron chi connectivity index (χ0n) is 21.3. The SMILES string of the molecule is COc1ccc(C(=O)N/N=C/c2c(OC(=O)c3ccc(OC)c(OC)c3)ccc3ccccc23)cc1OC. The number of rotatable bonds is 9. The van der Waals surface area contributed by atoms with Crippen molar-refractivity contribution < 1.29 is 33.3 Å². The van der Waals surface area contributed by atoms with Crippen molar-refractivity contribution in [1.82, 2.24) is 5.43 Å². The van der Waals surface area contributed by atoms with Gasteiger partial charge in [0.2, 0.25) is 0 Å². The van der Waals surface area contributed by atoms with Crippen molar-refractivity contribution in [2.24, 2.45) is 5.10 Å². The third-order valence-corrected chi connectivity index (χ3v) is 5.76. The summed E-state index contributed by atoms with van der Waals surface area (Å²) in [5, 5.41) is 5.83. The standard InChI is InChI=1S/C29H26N2O7/c1-34-24-13-10-19(15-26(24)36-3)28(32)31-30-17-22-21-8-6-5-7-18(21)9-12-23(22)38-29(33)20-11-14-25(35-2)27(16-20)37-4/h5-17H,1-4H3,(H,31,32)/b30-17+. The first-order chi connectivity index (χ1) is 18.5. The molecule has 0 unspecified atom stereocenters. The topological polar surface area (TPSA) is 105 Å². The Kier molecular flexibility index (Phi) is 8.07. The molecule has 194 valence electrons. The maximum absolute atomic E-state index is 13.0. The monoisotopic (exact) mass is 514 g/mol. The summed E-state index contributed by atoms with van der Waals surface area (Å²) in [5.74, 6) is 1.05. The molecule has 0 bridgehead atoms. The maximum atomic E-state index is 13.0. The minimum atomic E-state index is -0.592. The lowest BCUT2D eigenvalue weighted by Crippen LogP contribution is -2.18. The van der Waals surface area contributed by atoms with E-state index in [-0.39, 0.29) is 11.3 Å². The molecule has 1 amide bonds. The Morgan fingerprint density at radius 2 is 1.26 bits per heavy atom. The van der Waals surface area contributed by atoms with E-state index in [2.05, 4.69) is 10.5 Å². The fourth-order valence-corrected chi connectivity index (χ4v) is 3.82. The first-order valence-electron chi connectivity index (χ1n) is 11.5. The van der Waals surface area contributed by atoms with Crippen molar-refractivity contribution in [2.75, 3.05) is 28.4 Å². The third kappa shape index (κ3) is 5.52. The number of amides is 1. The Morgan fingerprint density at radius 3 is 1.92 bits per heavy atom. The normalized spacial score (nSPS) is 10.7. The van der Waals surface area contributed by atoms with Crippen LogP contribution in [0.5, 0.6) is 28.7 Å². The lowest BCUT2D eigenvalue weighted by molar-refractivity contribution is 0.0734. The number of benzene rings is 4. The fraction of sp³-hybridized carbons (Fsp3) is 0.138. The van der Waals surface area contributed by atoms with E-state index in [4.69, 9.17) is 23.7 Å². The van der Waals surface area contributed by atoms with Gasteiger partial charge in [-0.3, -0.25) is 4.79 Å². The molecule has 4 aromatic rings. The molecule has 0 fully saturated rings. The molecule has 0 aliphatic carbocycles. The van der Waals surface area contributed by atoms with Crippen LogP contribution in [0.2, 0.25) is 0 Å². The molecule has 0 atom stereocenters. The van der Waals surface area contributed by atoms with Crippen LogP contribution in [-0.4, -0.2) is 46.5 Å². The van der Waals surface area contributed by atoms with Gasteiger partial charge >= 0.3 is 5.97 Å². The number of carbonyl (C=O) groups excluding carboxylic acids is 2. The average Bonchev–Trinajstić information content (AvgIpc) is 2.96. The molecule has 0 saturated carbocycles. The highest BCUT2D eigenvalue weighted by molar-refractivity contribution is 6.04. The van der Waals surface area contributed by atoms with E-state index in [1.807, 2.05) is 30.3 Å². The van der Waals surface area contributed by atoms with Gasteiger partial charge in [-0.1, -0.05) is 30.3 Å². The van der Waals surface area contributed by atoms with Crippen molar-refractivity contribution in [3.05, 3.63) is 89.5 Å². The molecular weight excluding hydrogens is 488 g/mol. The summed E-state index contributed by atoms with van der Waals surface area (Å²) < 4.78 is 26.7. The first-order valence-corrected chi connectivity index (χ1v) is 11.5. The highest BCUT2D eigenvalue weighted by atomic mass is 16.5. The predicted octanol–water partition coefficient (Wildman–Crippen LogP) is 4.86. The molecule has 0 spiro atoms. The van der Waals surface area contributed by atoms with Crippen LogP contribution in [0.3, 0.4) is 0 Å². The number of methoxy groups -OCH3 is 4. The van der Waals surface area contributed by atoms with Crippen molar-refractivity contribution in [2.45, 2.75) is 0 Å². The van der Waals surface area contributed by atoms with Crippen molar-refractivity contribution in [1.29, 1.82) is 0 Å². The Bertz CT molecular complexity index is 1510. The van der Waals surface area contributed by atoms with Gasteiger partial charge in [0.25, 0.3) is 5.91 Å². The van der Waals surface area contributed by atoms with E-state index in [0.29, 0.717) is 34.1 Å². The molecule has 38 heavy (non-hydrogen) atoms. The van der Waals surface area contributed by atoms with Gasteiger partial charge in [-0.25, -0.2) is 10.2 Å². The minimum Gasteiger partial charge on any atom is -0.493 e. The van der Waals surface area contributed by atoms with Gasteiger partial charge in [0, 0.05) is 11.1 Å². The summed E-state index contributed by atoms with van der Waals surface area (Å²) in [6.07, 6.45) is 1.44. The second-order valence-corrected chi connectivity index (χ2v) is 7.93. The molecule has 0 radical (unpaired) electrons. The molecule has 4 aromatic carbocycles. The summed E-state index contributed by atoms with van der Waals surface area (Å²) in [5.41, 5.74) is 3.63. The summed E-state index contributed by atoms with van der Waals surface area (Å²) >= 11 is 0. The van der Waals surface area contributed by atoms with Gasteiger partial charge in [-0.15, -0.1) is 0 Å². The van der Waals surface area contributed by atoms with Gasteiger partial charge in [-0.05, 0) is 53.2 Å². The highest BCUT2D eigenvalue weighted by Crippen LogP contribution is 2.31. The fourth-order valence-electron chi connectivity index (χ4n) is 3.82. The lowest BCUT2D eigenvalue weighted by atomic mass is 10.0. The lowest BCUT2D eigenvalue weighted by Gasteiger charge is -2.12. The Morgan fingerprint density at radius 1 is 0.684 bits per heavy atom. The minimum absolute atomic E-state index is 0.271. The van der Waals surface area contributed by atoms with E-state index in [9.17, 15) is 9.59 Å². The van der Waals surface area contributed by atoms with Gasteiger partial charge < -0.3 is 23.7 Å². The van der Waals surface area contributed by atoms with Crippen LogP contribution in [0.25, 0.3) is 10.8 Å². The molecule has 9 heteroatoms. The van der Waals surface area contributed by atoms with Gasteiger partial charge in [0.15, 0.2) is 23.0 Å². The molecule has 0 aromatic heterocycles. The molecule has 0 aliphatic rings. The highest BCUT2D eigenvalue weighted by Gasteiger charge is 2.16. The number of carbonyl (C=O) groups is 2. The number of esters is 1. The number of nitrogens with zero attached hydrogens (tertiary/aromatic N) is 1. The smallest absolute Gasteiger partial charge is 0.343 e. The third-order valence-electron chi connectivity index (χ3n) is 5.76. The quantitative estimate of drug-likeness (QED) is 0.147. The molecule has 4 rings (SSSR count). The Balaban J connectivity index is 1.61. The van der Waals surface area contributed by atoms with Crippen LogP contribution in [0.1, 0.15) is 26.3 Å². The van der Waals surface area contributed by atoms with E-state index < -0.39 is 11.9 Å². The summed E-state index contributed by atoms with van der Waals surface area (Å²) in [6.45, 7) is 0. The van der Waals surface area contributed by atoms with Crippen LogP contribution < -0.4 is 29.1 Å². The molecular formula is C29H26N2O7. The van der Waals surface area contributed by atoms with Crippen LogP contribution in [0.4, 0.5) is 0 Å². The zero-order chi connectivity index (χ0) is 27.1. The van der Waals surface area contributed by atoms with Gasteiger partial charge in [-0.2, -0.15) is 5.10 Å². The van der Waals surface area contributed by atoms with Crippen molar-refractivity contribution >= 4 is 28.9 Å². The van der Waals surface area contributed by atoms with Crippen LogP contribution >= 0.6 is 0 Å². The van der Waals surface area contributed by atoms with Gasteiger partial charge in [0.05, 0.1) is 40.2 Å². The van der Waals surface area contributed by atoms with Crippen molar-refractivity contribution in [3.8, 4) is 28.7 Å². The number of hydrogen-bond acceptors (Lipinski definition) is 8. The number of fused-ring (bicyclic) bond motifs is 1. The van der Waals surface area contributed by atoms with Crippen LogP contribution in [0, 0.1) is 0 Å². The zero-order valence-corrected chi connectivity index (χ0v) is 21.3. The van der Waals surface area contributed by atoms with E-state index in [1.54, 1.807) is 42.5 Å². The summed E-state index contributed by atoms with van der Waals surface area (Å²) in [4.78, 5) is 25.7. The maximum Gasteiger partial charge on any atom is 0.343 e. The summed E-state index contributed by atoms with van der Waals surface area (Å²) in [7, 11) is 6.01. The Hall–Kier alpha value is -5.05. The first kappa shape index (κ1) is 26.0. The van der Waals surface area contributed by atoms with Crippen LogP contribution in [-0.2, 0) is 0 Å². The van der Waals surface area contributed by atoms with E-state index in [0.717, 1.165) is 10.8 Å². The molecule has 1 N–H and O–H groups in total. The Labute approximate surface area is 219 Å².